The summed E-state index contributed by atoms with van der Waals surface area (Å²) in [5.41, 5.74) is 2.06. The first-order valence-electron chi connectivity index (χ1n) is 10.7. The Bertz CT molecular complexity index is 686. The van der Waals surface area contributed by atoms with Crippen LogP contribution in [0.2, 0.25) is 5.02 Å². The van der Waals surface area contributed by atoms with Crippen LogP contribution in [0.15, 0.2) is 17.0 Å². The molecule has 170 valence electrons. The van der Waals surface area contributed by atoms with Gasteiger partial charge in [0.15, 0.2) is 4.08 Å². The molecule has 1 aromatic carbocycles. The maximum absolute atomic E-state index is 14.2. The molecule has 2 rings (SSSR count). The van der Waals surface area contributed by atoms with Gasteiger partial charge in [0.2, 0.25) is 0 Å². The SMILES string of the molecule is CCCSC(SCCC)N1C(=O)C(SCCC)(SCCC)c2cc(SC)cc(Cl)c21. The Kier molecular flexibility index (Phi) is 12.1. The highest BCUT2D eigenvalue weighted by Gasteiger charge is 2.54. The van der Waals surface area contributed by atoms with E-state index in [0.717, 1.165) is 64.8 Å². The van der Waals surface area contributed by atoms with Crippen LogP contribution in [0.25, 0.3) is 0 Å². The minimum absolute atomic E-state index is 0.0695. The van der Waals surface area contributed by atoms with E-state index in [1.807, 2.05) is 34.5 Å². The predicted molar refractivity (Wildman–Crippen MR) is 147 cm³/mol. The second kappa shape index (κ2) is 13.4. The maximum atomic E-state index is 14.2. The fourth-order valence-electron chi connectivity index (χ4n) is 3.21. The first-order valence-corrected chi connectivity index (χ1v) is 16.4. The van der Waals surface area contributed by atoms with Crippen molar-refractivity contribution in [2.45, 2.75) is 67.1 Å². The van der Waals surface area contributed by atoms with E-state index >= 15 is 0 Å². The number of thioether (sulfide) groups is 5. The Morgan fingerprint density at radius 1 is 0.933 bits per heavy atom. The van der Waals surface area contributed by atoms with E-state index in [9.17, 15) is 4.79 Å². The zero-order valence-electron chi connectivity index (χ0n) is 18.7. The highest BCUT2D eigenvalue weighted by atomic mass is 35.5. The number of carbonyl (C=O) groups is 1. The van der Waals surface area contributed by atoms with Crippen LogP contribution in [0.3, 0.4) is 0 Å². The number of anilines is 1. The van der Waals surface area contributed by atoms with Gasteiger partial charge in [-0.15, -0.1) is 58.8 Å². The monoisotopic (exact) mass is 523 g/mol. The van der Waals surface area contributed by atoms with Gasteiger partial charge >= 0.3 is 0 Å². The number of fused-ring (bicyclic) bond motifs is 1. The summed E-state index contributed by atoms with van der Waals surface area (Å²) in [6.07, 6.45) is 6.38. The minimum atomic E-state index is -0.589. The number of nitrogens with zero attached hydrogens (tertiary/aromatic N) is 1. The second-order valence-corrected chi connectivity index (χ2v) is 13.9. The van der Waals surface area contributed by atoms with Crippen LogP contribution in [-0.2, 0) is 8.87 Å². The lowest BCUT2D eigenvalue weighted by Gasteiger charge is -2.31. The average molecular weight is 524 g/mol. The molecule has 0 N–H and O–H groups in total. The summed E-state index contributed by atoms with van der Waals surface area (Å²) in [6.45, 7) is 8.77. The Labute approximate surface area is 209 Å². The molecule has 1 aliphatic heterocycles. The number of hydrogen-bond acceptors (Lipinski definition) is 6. The van der Waals surface area contributed by atoms with Crippen molar-refractivity contribution >= 4 is 82.0 Å². The van der Waals surface area contributed by atoms with Gasteiger partial charge in [0.05, 0.1) is 10.7 Å². The maximum Gasteiger partial charge on any atom is 0.259 e. The van der Waals surface area contributed by atoms with Crippen molar-refractivity contribution in [1.82, 2.24) is 0 Å². The molecule has 1 amide bonds. The molecule has 0 aromatic heterocycles. The Morgan fingerprint density at radius 2 is 1.47 bits per heavy atom. The third kappa shape index (κ3) is 5.99. The molecule has 30 heavy (non-hydrogen) atoms. The smallest absolute Gasteiger partial charge is 0.259 e. The summed E-state index contributed by atoms with van der Waals surface area (Å²) < 4.78 is -0.519. The normalized spacial score (nSPS) is 15.3. The van der Waals surface area contributed by atoms with E-state index in [0.29, 0.717) is 5.02 Å². The Hall–Kier alpha value is 0.730. The van der Waals surface area contributed by atoms with Gasteiger partial charge in [0.1, 0.15) is 4.71 Å². The highest BCUT2D eigenvalue weighted by molar-refractivity contribution is 8.19. The molecule has 2 nitrogen and oxygen atoms in total. The van der Waals surface area contributed by atoms with Crippen molar-refractivity contribution in [3.8, 4) is 0 Å². The fraction of sp³-hybridized carbons (Fsp3) is 0.682. The van der Waals surface area contributed by atoms with Gasteiger partial charge in [-0.1, -0.05) is 39.3 Å². The number of amides is 1. The summed E-state index contributed by atoms with van der Waals surface area (Å²) >= 11 is 15.9. The zero-order chi connectivity index (χ0) is 22.1. The van der Waals surface area contributed by atoms with Crippen LogP contribution < -0.4 is 4.90 Å². The van der Waals surface area contributed by atoms with Crippen LogP contribution in [0, 0.1) is 0 Å². The molecular weight excluding hydrogens is 490 g/mol. The van der Waals surface area contributed by atoms with E-state index < -0.39 is 4.08 Å². The van der Waals surface area contributed by atoms with E-state index in [-0.39, 0.29) is 10.6 Å². The van der Waals surface area contributed by atoms with Gasteiger partial charge in [-0.3, -0.25) is 9.69 Å². The highest BCUT2D eigenvalue weighted by Crippen LogP contribution is 2.60. The number of carbonyl (C=O) groups excluding carboxylic acids is 1. The average Bonchev–Trinajstić information content (AvgIpc) is 2.99. The first kappa shape index (κ1) is 27.0. The predicted octanol–water partition coefficient (Wildman–Crippen LogP) is 8.42. The van der Waals surface area contributed by atoms with Gasteiger partial charge < -0.3 is 0 Å². The largest absolute Gasteiger partial charge is 0.287 e. The van der Waals surface area contributed by atoms with Gasteiger partial charge in [0.25, 0.3) is 5.91 Å². The van der Waals surface area contributed by atoms with E-state index in [4.69, 9.17) is 11.6 Å². The van der Waals surface area contributed by atoms with Crippen molar-refractivity contribution in [2.24, 2.45) is 0 Å². The molecule has 0 aliphatic carbocycles. The lowest BCUT2D eigenvalue weighted by Crippen LogP contribution is -2.41. The van der Waals surface area contributed by atoms with Gasteiger partial charge in [0, 0.05) is 10.5 Å². The number of hydrogen-bond donors (Lipinski definition) is 0. The Balaban J connectivity index is 2.63. The Morgan fingerprint density at radius 3 is 1.93 bits per heavy atom. The van der Waals surface area contributed by atoms with E-state index in [1.165, 1.54) is 0 Å². The van der Waals surface area contributed by atoms with Gasteiger partial charge in [-0.2, -0.15) is 0 Å². The summed E-state index contributed by atoms with van der Waals surface area (Å²) in [5, 5.41) is 0.709. The summed E-state index contributed by atoms with van der Waals surface area (Å²) in [4.78, 5) is 17.4. The molecule has 0 saturated heterocycles. The van der Waals surface area contributed by atoms with Gasteiger partial charge in [-0.05, 0) is 67.1 Å². The molecule has 0 fully saturated rings. The molecule has 0 atom stereocenters. The van der Waals surface area contributed by atoms with Crippen LogP contribution in [0.4, 0.5) is 5.69 Å². The third-order valence-electron chi connectivity index (χ3n) is 4.53. The number of rotatable bonds is 14. The standard InChI is InChI=1S/C22H34ClNOS5/c1-6-10-27-21(28-11-7-2)24-19-17(14-16(26-5)15-18(19)23)22(20(24)25,29-12-8-3)30-13-9-4/h14-15,21H,6-13H2,1-5H3. The van der Waals surface area contributed by atoms with E-state index in [1.54, 1.807) is 35.3 Å². The quantitative estimate of drug-likeness (QED) is 0.179. The molecule has 0 bridgehead atoms. The van der Waals surface area contributed by atoms with Gasteiger partial charge in [-0.25, -0.2) is 0 Å². The molecule has 0 unspecified atom stereocenters. The first-order chi connectivity index (χ1) is 14.5. The summed E-state index contributed by atoms with van der Waals surface area (Å²) in [6, 6.07) is 4.25. The molecule has 1 heterocycles. The lowest BCUT2D eigenvalue weighted by molar-refractivity contribution is -0.118. The summed E-state index contributed by atoms with van der Waals surface area (Å²) in [5.74, 6) is 4.22. The third-order valence-corrected chi connectivity index (χ3v) is 12.2. The lowest BCUT2D eigenvalue weighted by atomic mass is 10.1. The molecule has 0 radical (unpaired) electrons. The second-order valence-electron chi connectivity index (χ2n) is 7.04. The van der Waals surface area contributed by atoms with E-state index in [2.05, 4.69) is 40.0 Å². The minimum Gasteiger partial charge on any atom is -0.287 e. The van der Waals surface area contributed by atoms with Crippen molar-refractivity contribution in [3.63, 3.8) is 0 Å². The molecular formula is C22H34ClNOS5. The number of benzene rings is 1. The van der Waals surface area contributed by atoms with Crippen molar-refractivity contribution in [1.29, 1.82) is 0 Å². The summed E-state index contributed by atoms with van der Waals surface area (Å²) in [7, 11) is 0. The van der Waals surface area contributed by atoms with Crippen LogP contribution in [0.1, 0.15) is 58.9 Å². The van der Waals surface area contributed by atoms with Crippen molar-refractivity contribution < 1.29 is 4.79 Å². The molecule has 8 heteroatoms. The van der Waals surface area contributed by atoms with Crippen LogP contribution >= 0.6 is 70.4 Å². The van der Waals surface area contributed by atoms with Crippen LogP contribution in [0.5, 0.6) is 0 Å². The molecule has 0 spiro atoms. The molecule has 0 saturated carbocycles. The molecule has 1 aliphatic rings. The van der Waals surface area contributed by atoms with Crippen molar-refractivity contribution in [2.75, 3.05) is 34.2 Å². The topological polar surface area (TPSA) is 20.3 Å². The van der Waals surface area contributed by atoms with Crippen molar-refractivity contribution in [3.05, 3.63) is 22.7 Å². The molecule has 1 aromatic rings. The number of halogens is 1. The fourth-order valence-corrected chi connectivity index (χ4v) is 9.48. The van der Waals surface area contributed by atoms with Crippen LogP contribution in [-0.4, -0.2) is 39.9 Å². The zero-order valence-corrected chi connectivity index (χ0v) is 23.5.